The number of hydrogen-bond acceptors (Lipinski definition) is 5. The van der Waals surface area contributed by atoms with Gasteiger partial charge in [-0.1, -0.05) is 0 Å². The number of aromatic amines is 1. The summed E-state index contributed by atoms with van der Waals surface area (Å²) >= 11 is 4.77. The van der Waals surface area contributed by atoms with E-state index < -0.39 is 42.6 Å². The lowest BCUT2D eigenvalue weighted by Crippen LogP contribution is -2.30. The summed E-state index contributed by atoms with van der Waals surface area (Å²) in [6.45, 7) is -0.631. The van der Waals surface area contributed by atoms with Crippen LogP contribution in [0.4, 0.5) is 8.78 Å². The van der Waals surface area contributed by atoms with Gasteiger partial charge in [0.05, 0.1) is 12.8 Å². The Morgan fingerprint density at radius 2 is 2.28 bits per heavy atom. The van der Waals surface area contributed by atoms with Gasteiger partial charge < -0.3 is 14.9 Å². The van der Waals surface area contributed by atoms with Crippen LogP contribution in [0.2, 0.25) is 0 Å². The minimum atomic E-state index is -1.82. The molecule has 1 aromatic rings. The molecule has 100 valence electrons. The Morgan fingerprint density at radius 1 is 1.61 bits per heavy atom. The summed E-state index contributed by atoms with van der Waals surface area (Å²) in [5.41, 5.74) is -1.01. The highest BCUT2D eigenvalue weighted by molar-refractivity contribution is 7.71. The monoisotopic (exact) mass is 280 g/mol. The highest BCUT2D eigenvalue weighted by Gasteiger charge is 2.44. The van der Waals surface area contributed by atoms with Gasteiger partial charge in [0.25, 0.3) is 5.56 Å². The van der Waals surface area contributed by atoms with E-state index in [2.05, 4.69) is 0 Å². The first-order valence-corrected chi connectivity index (χ1v) is 5.46. The third-order valence-electron chi connectivity index (χ3n) is 2.67. The van der Waals surface area contributed by atoms with Gasteiger partial charge in [0, 0.05) is 0 Å². The molecule has 0 spiro atoms. The van der Waals surface area contributed by atoms with Crippen molar-refractivity contribution in [2.75, 3.05) is 6.61 Å². The quantitative estimate of drug-likeness (QED) is 0.644. The number of halogens is 2. The van der Waals surface area contributed by atoms with Crippen LogP contribution in [0.3, 0.4) is 0 Å². The summed E-state index contributed by atoms with van der Waals surface area (Å²) in [4.78, 5) is 13.0. The van der Waals surface area contributed by atoms with Crippen molar-refractivity contribution in [1.82, 2.24) is 9.55 Å². The van der Waals surface area contributed by atoms with Crippen molar-refractivity contribution in [1.29, 1.82) is 0 Å². The highest BCUT2D eigenvalue weighted by Crippen LogP contribution is 2.31. The second-order valence-corrected chi connectivity index (χ2v) is 4.21. The van der Waals surface area contributed by atoms with Gasteiger partial charge in [-0.3, -0.25) is 14.3 Å². The van der Waals surface area contributed by atoms with Crippen molar-refractivity contribution < 1.29 is 23.7 Å². The van der Waals surface area contributed by atoms with Gasteiger partial charge in [0.15, 0.2) is 17.2 Å². The van der Waals surface area contributed by atoms with Crippen LogP contribution in [0.15, 0.2) is 11.0 Å². The molecule has 1 saturated heterocycles. The first-order chi connectivity index (χ1) is 8.45. The van der Waals surface area contributed by atoms with Crippen LogP contribution in [-0.4, -0.2) is 44.8 Å². The predicted octanol–water partition coefficient (Wildman–Crippen LogP) is -0.366. The lowest BCUT2D eigenvalue weighted by Gasteiger charge is -2.17. The van der Waals surface area contributed by atoms with Crippen molar-refractivity contribution in [3.05, 3.63) is 27.1 Å². The van der Waals surface area contributed by atoms with E-state index >= 15 is 0 Å². The Hall–Kier alpha value is -1.16. The summed E-state index contributed by atoms with van der Waals surface area (Å²) in [5.74, 6) is -1.14. The number of alkyl halides is 1. The van der Waals surface area contributed by atoms with E-state index in [1.165, 1.54) is 0 Å². The molecule has 1 aliphatic rings. The molecule has 1 aromatic heterocycles. The Morgan fingerprint density at radius 3 is 2.83 bits per heavy atom. The number of rotatable bonds is 2. The summed E-state index contributed by atoms with van der Waals surface area (Å²) in [7, 11) is 0. The number of nitrogens with one attached hydrogen (secondary N) is 1. The van der Waals surface area contributed by atoms with E-state index in [1.54, 1.807) is 0 Å². The summed E-state index contributed by atoms with van der Waals surface area (Å²) in [6.07, 6.45) is -5.23. The van der Waals surface area contributed by atoms with E-state index in [-0.39, 0.29) is 4.77 Å². The van der Waals surface area contributed by atoms with Crippen molar-refractivity contribution in [2.24, 2.45) is 0 Å². The molecule has 1 aliphatic heterocycles. The van der Waals surface area contributed by atoms with Crippen LogP contribution in [-0.2, 0) is 4.74 Å². The number of aromatic nitrogens is 2. The molecule has 0 amide bonds. The molecule has 0 saturated carbocycles. The van der Waals surface area contributed by atoms with Gasteiger partial charge in [-0.25, -0.2) is 4.39 Å². The van der Waals surface area contributed by atoms with Crippen LogP contribution in [0, 0.1) is 10.6 Å². The second-order valence-electron chi connectivity index (χ2n) is 3.83. The first-order valence-electron chi connectivity index (χ1n) is 5.05. The SMILES string of the molecule is O=c1[nH]c(=S)n([C@@H]2O[C@H](CO)[C@H](F)C2O)cc1F. The van der Waals surface area contributed by atoms with Gasteiger partial charge in [-0.2, -0.15) is 4.39 Å². The summed E-state index contributed by atoms with van der Waals surface area (Å²) in [6, 6.07) is 0. The lowest BCUT2D eigenvalue weighted by molar-refractivity contribution is -0.0532. The third kappa shape index (κ3) is 2.09. The summed E-state index contributed by atoms with van der Waals surface area (Å²) < 4.78 is 32.3. The Balaban J connectivity index is 2.42. The molecule has 3 N–H and O–H groups in total. The first kappa shape index (κ1) is 13.3. The number of aliphatic hydroxyl groups excluding tert-OH is 2. The molecule has 0 aromatic carbocycles. The van der Waals surface area contributed by atoms with E-state index in [4.69, 9.17) is 22.1 Å². The zero-order chi connectivity index (χ0) is 13.4. The zero-order valence-corrected chi connectivity index (χ0v) is 9.73. The molecule has 0 bridgehead atoms. The topological polar surface area (TPSA) is 87.5 Å². The van der Waals surface area contributed by atoms with Gasteiger partial charge in [-0.05, 0) is 12.2 Å². The molecule has 9 heteroatoms. The minimum Gasteiger partial charge on any atom is -0.394 e. The van der Waals surface area contributed by atoms with E-state index in [0.717, 1.165) is 10.8 Å². The van der Waals surface area contributed by atoms with Crippen LogP contribution in [0.25, 0.3) is 0 Å². The standard InChI is InChI=1S/C9H10F2N2O4S/c10-3-1-13(9(18)12-7(3)16)8-6(15)5(11)4(2-14)17-8/h1,4-6,8,14-15H,2H2,(H,12,16,18)/t4-,5+,6?,8-/m1/s1. The van der Waals surface area contributed by atoms with Crippen molar-refractivity contribution in [2.45, 2.75) is 24.6 Å². The number of nitrogens with zero attached hydrogens (tertiary/aromatic N) is 1. The third-order valence-corrected chi connectivity index (χ3v) is 2.98. The second kappa shape index (κ2) is 4.84. The molecule has 2 rings (SSSR count). The fourth-order valence-electron chi connectivity index (χ4n) is 1.74. The number of H-pyrrole nitrogens is 1. The molecule has 0 radical (unpaired) electrons. The highest BCUT2D eigenvalue weighted by atomic mass is 32.1. The average Bonchev–Trinajstić information content (AvgIpc) is 2.61. The number of ether oxygens (including phenoxy) is 1. The molecule has 4 atom stereocenters. The minimum absolute atomic E-state index is 0.212. The van der Waals surface area contributed by atoms with Crippen molar-refractivity contribution in [3.63, 3.8) is 0 Å². The van der Waals surface area contributed by atoms with E-state index in [9.17, 15) is 18.7 Å². The Bertz CT molecular complexity index is 560. The fourth-order valence-corrected chi connectivity index (χ4v) is 1.98. The van der Waals surface area contributed by atoms with Gasteiger partial charge in [0.1, 0.15) is 12.2 Å². The molecular formula is C9H10F2N2O4S. The number of hydrogen-bond donors (Lipinski definition) is 3. The van der Waals surface area contributed by atoms with Crippen LogP contribution < -0.4 is 5.56 Å². The fraction of sp³-hybridized carbons (Fsp3) is 0.556. The molecular weight excluding hydrogens is 270 g/mol. The molecule has 1 unspecified atom stereocenters. The van der Waals surface area contributed by atoms with E-state index in [1.807, 2.05) is 4.98 Å². The maximum Gasteiger partial charge on any atom is 0.287 e. The smallest absolute Gasteiger partial charge is 0.287 e. The molecule has 1 fully saturated rings. The molecule has 6 nitrogen and oxygen atoms in total. The van der Waals surface area contributed by atoms with Crippen molar-refractivity contribution >= 4 is 12.2 Å². The zero-order valence-electron chi connectivity index (χ0n) is 8.92. The largest absolute Gasteiger partial charge is 0.394 e. The molecule has 18 heavy (non-hydrogen) atoms. The van der Waals surface area contributed by atoms with Crippen LogP contribution in [0.1, 0.15) is 6.23 Å². The maximum atomic E-state index is 13.5. The number of aliphatic hydroxyl groups is 2. The average molecular weight is 280 g/mol. The van der Waals surface area contributed by atoms with Crippen molar-refractivity contribution in [3.8, 4) is 0 Å². The van der Waals surface area contributed by atoms with E-state index in [0.29, 0.717) is 0 Å². The van der Waals surface area contributed by atoms with Crippen LogP contribution in [0.5, 0.6) is 0 Å². The van der Waals surface area contributed by atoms with Gasteiger partial charge in [0.2, 0.25) is 5.82 Å². The Kier molecular flexibility index (Phi) is 3.57. The Labute approximate surface area is 104 Å². The molecule has 0 aliphatic carbocycles. The lowest BCUT2D eigenvalue weighted by atomic mass is 10.1. The van der Waals surface area contributed by atoms with Gasteiger partial charge >= 0.3 is 0 Å². The maximum absolute atomic E-state index is 13.5. The van der Waals surface area contributed by atoms with Gasteiger partial charge in [-0.15, -0.1) is 0 Å². The summed E-state index contributed by atoms with van der Waals surface area (Å²) in [5, 5.41) is 18.4. The van der Waals surface area contributed by atoms with Crippen LogP contribution >= 0.6 is 12.2 Å². The predicted molar refractivity (Wildman–Crippen MR) is 57.7 cm³/mol. The molecule has 2 heterocycles. The normalized spacial score (nSPS) is 31.8.